The van der Waals surface area contributed by atoms with Gasteiger partial charge in [0.05, 0.1) is 37.5 Å². The summed E-state index contributed by atoms with van der Waals surface area (Å²) in [5.74, 6) is -0.00659. The predicted octanol–water partition coefficient (Wildman–Crippen LogP) is 3.32. The minimum atomic E-state index is -3.33. The number of sulfone groups is 1. The van der Waals surface area contributed by atoms with Gasteiger partial charge in [-0.25, -0.2) is 8.42 Å². The number of hydrogen-bond donors (Lipinski definition) is 0. The minimum absolute atomic E-state index is 0.0440. The molecule has 0 radical (unpaired) electrons. The second-order valence-electron chi connectivity index (χ2n) is 9.47. The number of likely N-dealkylation sites (tertiary alicyclic amines) is 1. The zero-order valence-corrected chi connectivity index (χ0v) is 18.4. The third-order valence-electron chi connectivity index (χ3n) is 6.84. The molecule has 3 rings (SSSR count). The van der Waals surface area contributed by atoms with E-state index < -0.39 is 15.3 Å². The minimum Gasteiger partial charge on any atom is -0.461 e. The summed E-state index contributed by atoms with van der Waals surface area (Å²) in [6.07, 6.45) is 7.08. The van der Waals surface area contributed by atoms with Crippen molar-refractivity contribution in [3.63, 3.8) is 0 Å². The van der Waals surface area contributed by atoms with Crippen molar-refractivity contribution in [3.8, 4) is 0 Å². The number of carbonyl (C=O) groups excluding carboxylic acids is 1. The van der Waals surface area contributed by atoms with Crippen molar-refractivity contribution in [1.29, 1.82) is 0 Å². The van der Waals surface area contributed by atoms with Crippen LogP contribution in [0.3, 0.4) is 0 Å². The van der Waals surface area contributed by atoms with Crippen LogP contribution < -0.4 is 0 Å². The molecule has 1 saturated carbocycles. The second-order valence-corrected chi connectivity index (χ2v) is 11.5. The fourth-order valence-corrected chi connectivity index (χ4v) is 5.37. The first kappa shape index (κ1) is 21.3. The highest BCUT2D eigenvalue weighted by atomic mass is 32.2. The summed E-state index contributed by atoms with van der Waals surface area (Å²) in [6, 6.07) is 6.90. The van der Waals surface area contributed by atoms with Gasteiger partial charge in [-0.2, -0.15) is 0 Å². The number of piperidine rings is 1. The van der Waals surface area contributed by atoms with E-state index in [1.54, 1.807) is 18.2 Å². The lowest BCUT2D eigenvalue weighted by molar-refractivity contribution is -0.896. The smallest absolute Gasteiger partial charge is 0.316 e. The van der Waals surface area contributed by atoms with Crippen LogP contribution in [0.4, 0.5) is 0 Å². The standard InChI is InChI=1S/C22H34NO4S/c1-22(17-8-5-6-9-17,18-10-7-11-20(16-18)28(4,25)26)21(24)27-19-12-14-23(2,3)15-13-19/h7,10-11,16-17,19H,5-6,8-9,12-15H2,1-4H3/q+1. The van der Waals surface area contributed by atoms with E-state index in [1.807, 2.05) is 13.0 Å². The summed E-state index contributed by atoms with van der Waals surface area (Å²) in [7, 11) is 1.08. The molecular weight excluding hydrogens is 374 g/mol. The van der Waals surface area contributed by atoms with E-state index in [1.165, 1.54) is 6.26 Å². The van der Waals surface area contributed by atoms with Gasteiger partial charge in [-0.3, -0.25) is 4.79 Å². The van der Waals surface area contributed by atoms with Crippen molar-refractivity contribution in [1.82, 2.24) is 0 Å². The quantitative estimate of drug-likeness (QED) is 0.554. The first-order valence-electron chi connectivity index (χ1n) is 10.4. The third-order valence-corrected chi connectivity index (χ3v) is 7.95. The van der Waals surface area contributed by atoms with Gasteiger partial charge in [-0.1, -0.05) is 25.0 Å². The van der Waals surface area contributed by atoms with E-state index >= 15 is 0 Å². The SMILES string of the molecule is CC(C(=O)OC1CC[N+](C)(C)CC1)(c1cccc(S(C)(=O)=O)c1)C1CCCC1. The number of rotatable bonds is 5. The molecule has 1 aliphatic carbocycles. The first-order chi connectivity index (χ1) is 13.0. The zero-order chi connectivity index (χ0) is 20.6. The maximum atomic E-state index is 13.5. The molecule has 28 heavy (non-hydrogen) atoms. The van der Waals surface area contributed by atoms with Gasteiger partial charge in [0.15, 0.2) is 9.84 Å². The second kappa shape index (κ2) is 7.79. The fraction of sp³-hybridized carbons (Fsp3) is 0.682. The molecule has 0 bridgehead atoms. The van der Waals surface area contributed by atoms with E-state index in [-0.39, 0.29) is 22.9 Å². The van der Waals surface area contributed by atoms with Gasteiger partial charge in [0, 0.05) is 19.1 Å². The fourth-order valence-electron chi connectivity index (χ4n) is 4.71. The average Bonchev–Trinajstić information content (AvgIpc) is 3.17. The van der Waals surface area contributed by atoms with Crippen LogP contribution in [0.5, 0.6) is 0 Å². The predicted molar refractivity (Wildman–Crippen MR) is 110 cm³/mol. The normalized spacial score (nSPS) is 23.3. The van der Waals surface area contributed by atoms with Gasteiger partial charge in [0.2, 0.25) is 0 Å². The topological polar surface area (TPSA) is 60.4 Å². The van der Waals surface area contributed by atoms with Crippen molar-refractivity contribution in [2.45, 2.75) is 61.9 Å². The van der Waals surface area contributed by atoms with Crippen LogP contribution in [0, 0.1) is 5.92 Å². The van der Waals surface area contributed by atoms with Gasteiger partial charge in [-0.05, 0) is 43.4 Å². The Morgan fingerprint density at radius 1 is 1.11 bits per heavy atom. The summed E-state index contributed by atoms with van der Waals surface area (Å²) in [5, 5.41) is 0. The van der Waals surface area contributed by atoms with E-state index in [0.29, 0.717) is 0 Å². The largest absolute Gasteiger partial charge is 0.461 e. The van der Waals surface area contributed by atoms with Gasteiger partial charge < -0.3 is 9.22 Å². The molecule has 1 unspecified atom stereocenters. The molecule has 6 heteroatoms. The third kappa shape index (κ3) is 4.43. The average molecular weight is 409 g/mol. The Balaban J connectivity index is 1.89. The molecule has 5 nitrogen and oxygen atoms in total. The highest BCUT2D eigenvalue weighted by Crippen LogP contribution is 2.44. The first-order valence-corrected chi connectivity index (χ1v) is 12.3. The zero-order valence-electron chi connectivity index (χ0n) is 17.6. The van der Waals surface area contributed by atoms with E-state index in [9.17, 15) is 13.2 Å². The van der Waals surface area contributed by atoms with Crippen molar-refractivity contribution in [2.75, 3.05) is 33.4 Å². The molecule has 1 atom stereocenters. The maximum Gasteiger partial charge on any atom is 0.316 e. The number of carbonyl (C=O) groups is 1. The molecule has 2 aliphatic rings. The van der Waals surface area contributed by atoms with Gasteiger partial charge in [0.25, 0.3) is 0 Å². The van der Waals surface area contributed by atoms with Crippen LogP contribution in [-0.2, 0) is 24.8 Å². The molecule has 156 valence electrons. The molecule has 1 aromatic carbocycles. The van der Waals surface area contributed by atoms with Crippen molar-refractivity contribution in [2.24, 2.45) is 5.92 Å². The number of quaternary nitrogens is 1. The lowest BCUT2D eigenvalue weighted by Gasteiger charge is -2.39. The molecule has 1 aliphatic heterocycles. The molecule has 1 aromatic rings. The Labute approximate surface area is 169 Å². The highest BCUT2D eigenvalue weighted by Gasteiger charge is 2.46. The van der Waals surface area contributed by atoms with Crippen LogP contribution in [0.2, 0.25) is 0 Å². The Hall–Kier alpha value is -1.40. The van der Waals surface area contributed by atoms with Crippen LogP contribution in [0.15, 0.2) is 29.2 Å². The Kier molecular flexibility index (Phi) is 5.93. The summed E-state index contributed by atoms with van der Waals surface area (Å²) in [4.78, 5) is 13.7. The van der Waals surface area contributed by atoms with Gasteiger partial charge in [0.1, 0.15) is 6.10 Å². The number of hydrogen-bond acceptors (Lipinski definition) is 4. The van der Waals surface area contributed by atoms with Crippen LogP contribution in [0.1, 0.15) is 51.0 Å². The molecular formula is C22H34NO4S+. The number of ether oxygens (including phenoxy) is 1. The summed E-state index contributed by atoms with van der Waals surface area (Å²) in [5.41, 5.74) is -0.0433. The lowest BCUT2D eigenvalue weighted by atomic mass is 9.71. The molecule has 0 amide bonds. The molecule has 1 heterocycles. The van der Waals surface area contributed by atoms with Gasteiger partial charge in [-0.15, -0.1) is 0 Å². The van der Waals surface area contributed by atoms with Crippen molar-refractivity contribution < 1.29 is 22.4 Å². The van der Waals surface area contributed by atoms with Gasteiger partial charge >= 0.3 is 5.97 Å². The van der Waals surface area contributed by atoms with Crippen LogP contribution in [-0.4, -0.2) is 58.4 Å². The molecule has 0 aromatic heterocycles. The number of esters is 1. The van der Waals surface area contributed by atoms with E-state index in [2.05, 4.69) is 14.1 Å². The number of nitrogens with zero attached hydrogens (tertiary/aromatic N) is 1. The summed E-state index contributed by atoms with van der Waals surface area (Å²) in [6.45, 7) is 3.96. The van der Waals surface area contributed by atoms with Crippen molar-refractivity contribution >= 4 is 15.8 Å². The Bertz CT molecular complexity index is 817. The van der Waals surface area contributed by atoms with Crippen molar-refractivity contribution in [3.05, 3.63) is 29.8 Å². The number of benzene rings is 1. The molecule has 0 spiro atoms. The maximum absolute atomic E-state index is 13.5. The molecule has 0 N–H and O–H groups in total. The van der Waals surface area contributed by atoms with E-state index in [0.717, 1.165) is 61.7 Å². The Morgan fingerprint density at radius 2 is 1.71 bits per heavy atom. The monoisotopic (exact) mass is 408 g/mol. The molecule has 2 fully saturated rings. The van der Waals surface area contributed by atoms with Crippen LogP contribution >= 0.6 is 0 Å². The highest BCUT2D eigenvalue weighted by molar-refractivity contribution is 7.90. The van der Waals surface area contributed by atoms with Crippen LogP contribution in [0.25, 0.3) is 0 Å². The molecule has 1 saturated heterocycles. The summed E-state index contributed by atoms with van der Waals surface area (Å²) < 4.78 is 31.1. The van der Waals surface area contributed by atoms with E-state index in [4.69, 9.17) is 4.74 Å². The lowest BCUT2D eigenvalue weighted by Crippen LogP contribution is -2.50. The Morgan fingerprint density at radius 3 is 2.29 bits per heavy atom. The summed E-state index contributed by atoms with van der Waals surface area (Å²) >= 11 is 0.